The number of aromatic amines is 1. The highest BCUT2D eigenvalue weighted by molar-refractivity contribution is 7.43. The van der Waals surface area contributed by atoms with Crippen molar-refractivity contribution in [1.29, 1.82) is 0 Å². The van der Waals surface area contributed by atoms with Crippen LogP contribution in [0.1, 0.15) is 12.6 Å². The number of hydrogen-bond acceptors (Lipinski definition) is 7. The van der Waals surface area contributed by atoms with Gasteiger partial charge in [-0.3, -0.25) is 19.8 Å². The quantitative estimate of drug-likeness (QED) is 0.489. The van der Waals surface area contributed by atoms with Crippen LogP contribution in [0.25, 0.3) is 0 Å². The molecule has 1 aromatic heterocycles. The van der Waals surface area contributed by atoms with Crippen molar-refractivity contribution in [3.8, 4) is 0 Å². The van der Waals surface area contributed by atoms with E-state index in [-0.39, 0.29) is 13.0 Å². The number of aliphatic hydroxyl groups is 1. The molecule has 0 amide bonds. The molecule has 0 saturated carbocycles. The summed E-state index contributed by atoms with van der Waals surface area (Å²) in [5.41, 5.74) is 3.95. The van der Waals surface area contributed by atoms with E-state index in [1.807, 2.05) is 0 Å². The van der Waals surface area contributed by atoms with Crippen LogP contribution in [0.15, 0.2) is 21.9 Å². The third-order valence-electron chi connectivity index (χ3n) is 2.74. The molecule has 0 bridgehead atoms. The maximum Gasteiger partial charge on any atom is 0.330 e. The van der Waals surface area contributed by atoms with Crippen LogP contribution in [0.5, 0.6) is 0 Å². The summed E-state index contributed by atoms with van der Waals surface area (Å²) in [6, 6.07) is 1.19. The van der Waals surface area contributed by atoms with Gasteiger partial charge in [0.1, 0.15) is 12.3 Å². The highest BCUT2D eigenvalue weighted by Crippen LogP contribution is 2.30. The molecule has 10 heteroatoms. The molecule has 19 heavy (non-hydrogen) atoms. The average Bonchev–Trinajstić information content (AvgIpc) is 2.67. The molecular formula is C9H14N3O6P. The minimum absolute atomic E-state index is 0.0749. The molecule has 1 aliphatic rings. The van der Waals surface area contributed by atoms with E-state index in [0.717, 1.165) is 0 Å². The van der Waals surface area contributed by atoms with E-state index in [4.69, 9.17) is 19.7 Å². The fourth-order valence-corrected chi connectivity index (χ4v) is 2.14. The lowest BCUT2D eigenvalue weighted by Crippen LogP contribution is -2.31. The first-order valence-corrected chi connectivity index (χ1v) is 6.77. The lowest BCUT2D eigenvalue weighted by atomic mass is 10.2. The van der Waals surface area contributed by atoms with Gasteiger partial charge in [-0.1, -0.05) is 0 Å². The van der Waals surface area contributed by atoms with Crippen molar-refractivity contribution in [2.75, 3.05) is 6.61 Å². The minimum atomic E-state index is -2.02. The molecule has 5 N–H and O–H groups in total. The topological polar surface area (TPSA) is 140 Å². The second kappa shape index (κ2) is 5.91. The van der Waals surface area contributed by atoms with E-state index in [2.05, 4.69) is 4.98 Å². The van der Waals surface area contributed by atoms with Gasteiger partial charge in [0, 0.05) is 18.7 Å². The first kappa shape index (κ1) is 14.3. The Morgan fingerprint density at radius 3 is 3.00 bits per heavy atom. The standard InChI is InChI=1S/C9H14N3O6P/c10-19(16)17-4-6-5(13)3-8(18-6)12-2-1-7(14)11-9(12)15/h1-2,5-6,8,13,16H,3-4,10H2,(H,11,14,15)/t5-,6+,8+,19?/m0/s1. The van der Waals surface area contributed by atoms with Crippen molar-refractivity contribution in [1.82, 2.24) is 9.55 Å². The molecule has 1 aliphatic heterocycles. The van der Waals surface area contributed by atoms with Gasteiger partial charge in [0.15, 0.2) is 0 Å². The third-order valence-corrected chi connectivity index (χ3v) is 3.15. The Kier molecular flexibility index (Phi) is 4.46. The first-order chi connectivity index (χ1) is 8.97. The third kappa shape index (κ3) is 3.47. The molecule has 1 saturated heterocycles. The zero-order valence-corrected chi connectivity index (χ0v) is 10.7. The van der Waals surface area contributed by atoms with E-state index < -0.39 is 38.2 Å². The monoisotopic (exact) mass is 291 g/mol. The fraction of sp³-hybridized carbons (Fsp3) is 0.556. The molecule has 9 nitrogen and oxygen atoms in total. The Bertz CT molecular complexity index is 543. The molecule has 2 heterocycles. The predicted octanol–water partition coefficient (Wildman–Crippen LogP) is -1.62. The average molecular weight is 291 g/mol. The van der Waals surface area contributed by atoms with Crippen LogP contribution < -0.4 is 16.8 Å². The van der Waals surface area contributed by atoms with Crippen LogP contribution in [0.2, 0.25) is 0 Å². The molecule has 1 aromatic rings. The maximum atomic E-state index is 11.6. The van der Waals surface area contributed by atoms with Gasteiger partial charge < -0.3 is 19.3 Å². The molecule has 0 aromatic carbocycles. The van der Waals surface area contributed by atoms with E-state index >= 15 is 0 Å². The first-order valence-electron chi connectivity index (χ1n) is 5.49. The highest BCUT2D eigenvalue weighted by atomic mass is 31.2. The normalized spacial score (nSPS) is 28.5. The van der Waals surface area contributed by atoms with Crippen molar-refractivity contribution in [2.45, 2.75) is 24.9 Å². The summed E-state index contributed by atoms with van der Waals surface area (Å²) in [6.45, 7) is -0.0749. The molecule has 0 aliphatic carbocycles. The number of H-pyrrole nitrogens is 1. The van der Waals surface area contributed by atoms with Gasteiger partial charge in [-0.25, -0.2) is 4.79 Å². The van der Waals surface area contributed by atoms with Crippen LogP contribution in [0, 0.1) is 0 Å². The van der Waals surface area contributed by atoms with E-state index in [1.54, 1.807) is 0 Å². The molecule has 4 atom stereocenters. The Labute approximate surface area is 108 Å². The summed E-state index contributed by atoms with van der Waals surface area (Å²) in [4.78, 5) is 33.5. The summed E-state index contributed by atoms with van der Waals surface area (Å²) >= 11 is 0. The number of rotatable bonds is 4. The van der Waals surface area contributed by atoms with E-state index in [9.17, 15) is 14.7 Å². The molecule has 0 spiro atoms. The van der Waals surface area contributed by atoms with E-state index in [0.29, 0.717) is 0 Å². The van der Waals surface area contributed by atoms with Gasteiger partial charge >= 0.3 is 5.69 Å². The van der Waals surface area contributed by atoms with Gasteiger partial charge in [0.05, 0.1) is 12.7 Å². The summed E-state index contributed by atoms with van der Waals surface area (Å²) in [6.07, 6.45) is -0.767. The van der Waals surface area contributed by atoms with Crippen molar-refractivity contribution in [3.05, 3.63) is 33.1 Å². The Morgan fingerprint density at radius 1 is 1.63 bits per heavy atom. The highest BCUT2D eigenvalue weighted by Gasteiger charge is 2.35. The van der Waals surface area contributed by atoms with Gasteiger partial charge in [-0.2, -0.15) is 0 Å². The second-order valence-electron chi connectivity index (χ2n) is 4.05. The number of nitrogens with zero attached hydrogens (tertiary/aromatic N) is 1. The SMILES string of the molecule is NP(O)OC[C@H]1O[C@@H](n2ccc(=O)[nH]c2=O)C[C@@H]1O. The zero-order chi connectivity index (χ0) is 14.0. The summed E-state index contributed by atoms with van der Waals surface area (Å²) < 4.78 is 11.4. The molecule has 1 unspecified atom stereocenters. The Morgan fingerprint density at radius 2 is 2.37 bits per heavy atom. The van der Waals surface area contributed by atoms with Crippen molar-refractivity contribution in [3.63, 3.8) is 0 Å². The van der Waals surface area contributed by atoms with Crippen molar-refractivity contribution >= 4 is 8.53 Å². The second-order valence-corrected chi connectivity index (χ2v) is 4.91. The van der Waals surface area contributed by atoms with Gasteiger partial charge in [0.25, 0.3) is 5.56 Å². The Balaban J connectivity index is 2.07. The predicted molar refractivity (Wildman–Crippen MR) is 65.1 cm³/mol. The van der Waals surface area contributed by atoms with Crippen LogP contribution >= 0.6 is 8.53 Å². The number of nitrogens with one attached hydrogen (secondary N) is 1. The molecule has 1 fully saturated rings. The summed E-state index contributed by atoms with van der Waals surface area (Å²) in [5, 5.41) is 9.77. The zero-order valence-electron chi connectivity index (χ0n) is 9.80. The summed E-state index contributed by atoms with van der Waals surface area (Å²) in [7, 11) is -2.02. The largest absolute Gasteiger partial charge is 0.390 e. The van der Waals surface area contributed by atoms with Crippen molar-refractivity contribution < 1.29 is 19.3 Å². The Hall–Kier alpha value is -1.09. The van der Waals surface area contributed by atoms with Crippen LogP contribution in [-0.4, -0.2) is 38.4 Å². The molecular weight excluding hydrogens is 277 g/mol. The van der Waals surface area contributed by atoms with Crippen LogP contribution in [0.3, 0.4) is 0 Å². The van der Waals surface area contributed by atoms with Gasteiger partial charge in [-0.15, -0.1) is 0 Å². The molecule has 0 radical (unpaired) electrons. The number of aliphatic hydroxyl groups excluding tert-OH is 1. The van der Waals surface area contributed by atoms with Crippen LogP contribution in [0.4, 0.5) is 0 Å². The molecule has 2 rings (SSSR count). The van der Waals surface area contributed by atoms with Crippen LogP contribution in [-0.2, 0) is 9.26 Å². The lowest BCUT2D eigenvalue weighted by molar-refractivity contribution is -0.0407. The number of nitrogens with two attached hydrogens (primary N) is 1. The van der Waals surface area contributed by atoms with E-state index in [1.165, 1.54) is 16.8 Å². The smallest absolute Gasteiger partial charge is 0.330 e. The lowest BCUT2D eigenvalue weighted by Gasteiger charge is -2.16. The fourth-order valence-electron chi connectivity index (χ4n) is 1.84. The summed E-state index contributed by atoms with van der Waals surface area (Å²) in [5.74, 6) is 0. The van der Waals surface area contributed by atoms with Crippen molar-refractivity contribution in [2.24, 2.45) is 5.50 Å². The maximum absolute atomic E-state index is 11.6. The number of aromatic nitrogens is 2. The molecule has 106 valence electrons. The number of ether oxygens (including phenoxy) is 1. The van der Waals surface area contributed by atoms with Gasteiger partial charge in [0.2, 0.25) is 8.53 Å². The number of hydrogen-bond donors (Lipinski definition) is 4. The van der Waals surface area contributed by atoms with Gasteiger partial charge in [-0.05, 0) is 0 Å². The minimum Gasteiger partial charge on any atom is -0.390 e.